The van der Waals surface area contributed by atoms with Gasteiger partial charge in [-0.1, -0.05) is 6.92 Å². The van der Waals surface area contributed by atoms with Crippen molar-refractivity contribution in [2.24, 2.45) is 5.73 Å². The molecule has 1 aromatic carbocycles. The first-order valence-corrected chi connectivity index (χ1v) is 5.28. The van der Waals surface area contributed by atoms with Gasteiger partial charge in [-0.2, -0.15) is 0 Å². The van der Waals surface area contributed by atoms with Gasteiger partial charge in [-0.25, -0.2) is 4.39 Å². The molecule has 0 aliphatic heterocycles. The molecule has 0 aliphatic rings. The van der Waals surface area contributed by atoms with Crippen LogP contribution in [-0.4, -0.2) is 16.6 Å². The van der Waals surface area contributed by atoms with Crippen molar-refractivity contribution in [2.45, 2.75) is 25.3 Å². The Bertz CT molecular complexity index is 425. The molecule has 17 heavy (non-hydrogen) atoms. The van der Waals surface area contributed by atoms with Gasteiger partial charge in [-0.3, -0.25) is 10.1 Å². The summed E-state index contributed by atoms with van der Waals surface area (Å²) < 4.78 is 13.7. The van der Waals surface area contributed by atoms with Crippen molar-refractivity contribution in [2.75, 3.05) is 6.61 Å². The molecule has 0 unspecified atom stereocenters. The fourth-order valence-corrected chi connectivity index (χ4v) is 1.71. The largest absolute Gasteiger partial charge is 0.396 e. The standard InChI is InChI=1S/C11H15FN2O3/c1-2-11(13,5-6-15)9-7-8(14(16)17)3-4-10(9)12/h3-4,7,15H,2,5-6,13H2,1H3/t11-/m0/s1. The Hall–Kier alpha value is -1.53. The van der Waals surface area contributed by atoms with Crippen LogP contribution in [-0.2, 0) is 5.54 Å². The minimum atomic E-state index is -1.08. The highest BCUT2D eigenvalue weighted by molar-refractivity contribution is 5.39. The number of hydrogen-bond donors (Lipinski definition) is 2. The fourth-order valence-electron chi connectivity index (χ4n) is 1.71. The molecule has 0 saturated carbocycles. The van der Waals surface area contributed by atoms with Crippen molar-refractivity contribution in [3.63, 3.8) is 0 Å². The van der Waals surface area contributed by atoms with Gasteiger partial charge in [-0.05, 0) is 18.9 Å². The van der Waals surface area contributed by atoms with Crippen molar-refractivity contribution < 1.29 is 14.4 Å². The van der Waals surface area contributed by atoms with Gasteiger partial charge in [0.1, 0.15) is 5.82 Å². The van der Waals surface area contributed by atoms with Gasteiger partial charge >= 0.3 is 0 Å². The molecule has 1 rings (SSSR count). The molecule has 0 fully saturated rings. The lowest BCUT2D eigenvalue weighted by Crippen LogP contribution is -2.38. The quantitative estimate of drug-likeness (QED) is 0.607. The second-order valence-corrected chi connectivity index (χ2v) is 3.90. The zero-order valence-corrected chi connectivity index (χ0v) is 9.52. The highest BCUT2D eigenvalue weighted by Crippen LogP contribution is 2.30. The number of nitro benzene ring substituents is 1. The predicted molar refractivity (Wildman–Crippen MR) is 60.9 cm³/mol. The molecule has 5 nitrogen and oxygen atoms in total. The van der Waals surface area contributed by atoms with Gasteiger partial charge in [0.15, 0.2) is 0 Å². The van der Waals surface area contributed by atoms with E-state index in [4.69, 9.17) is 10.8 Å². The number of non-ortho nitro benzene ring substituents is 1. The van der Waals surface area contributed by atoms with Crippen LogP contribution in [0.4, 0.5) is 10.1 Å². The number of nitrogens with zero attached hydrogens (tertiary/aromatic N) is 1. The summed E-state index contributed by atoms with van der Waals surface area (Å²) in [6, 6.07) is 3.25. The van der Waals surface area contributed by atoms with Gasteiger partial charge in [-0.15, -0.1) is 0 Å². The van der Waals surface area contributed by atoms with Crippen LogP contribution in [0.5, 0.6) is 0 Å². The second-order valence-electron chi connectivity index (χ2n) is 3.90. The molecule has 0 spiro atoms. The number of benzene rings is 1. The van der Waals surface area contributed by atoms with Crippen LogP contribution in [0.15, 0.2) is 18.2 Å². The Balaban J connectivity index is 3.27. The molecule has 0 saturated heterocycles. The van der Waals surface area contributed by atoms with E-state index in [-0.39, 0.29) is 24.3 Å². The summed E-state index contributed by atoms with van der Waals surface area (Å²) in [4.78, 5) is 10.0. The van der Waals surface area contributed by atoms with Crippen LogP contribution in [0.25, 0.3) is 0 Å². The van der Waals surface area contributed by atoms with Gasteiger partial charge < -0.3 is 10.8 Å². The molecule has 0 bridgehead atoms. The lowest BCUT2D eigenvalue weighted by molar-refractivity contribution is -0.385. The Labute approximate surface area is 98.2 Å². The average molecular weight is 242 g/mol. The van der Waals surface area contributed by atoms with Crippen molar-refractivity contribution in [1.29, 1.82) is 0 Å². The second kappa shape index (κ2) is 5.20. The van der Waals surface area contributed by atoms with Gasteiger partial charge in [0.2, 0.25) is 0 Å². The summed E-state index contributed by atoms with van der Waals surface area (Å²) in [5.41, 5.74) is 4.76. The van der Waals surface area contributed by atoms with Crippen LogP contribution >= 0.6 is 0 Å². The number of aliphatic hydroxyl groups excluding tert-OH is 1. The number of rotatable bonds is 5. The molecule has 0 radical (unpaired) electrons. The van der Waals surface area contributed by atoms with E-state index < -0.39 is 16.3 Å². The Morgan fingerprint density at radius 2 is 2.24 bits per heavy atom. The molecule has 0 aliphatic carbocycles. The summed E-state index contributed by atoms with van der Waals surface area (Å²) >= 11 is 0. The minimum absolute atomic E-state index is 0.0725. The van der Waals surface area contributed by atoms with Crippen LogP contribution in [0.3, 0.4) is 0 Å². The smallest absolute Gasteiger partial charge is 0.269 e. The van der Waals surface area contributed by atoms with Crippen LogP contribution < -0.4 is 5.73 Å². The lowest BCUT2D eigenvalue weighted by atomic mass is 9.85. The van der Waals surface area contributed by atoms with Crippen LogP contribution in [0, 0.1) is 15.9 Å². The molecule has 0 heterocycles. The number of aliphatic hydroxyl groups is 1. The fraction of sp³-hybridized carbons (Fsp3) is 0.455. The Kier molecular flexibility index (Phi) is 4.14. The molecule has 3 N–H and O–H groups in total. The van der Waals surface area contributed by atoms with E-state index in [0.29, 0.717) is 6.42 Å². The first-order chi connectivity index (χ1) is 7.94. The Morgan fingerprint density at radius 1 is 1.59 bits per heavy atom. The van der Waals surface area contributed by atoms with Crippen molar-refractivity contribution in [1.82, 2.24) is 0 Å². The third kappa shape index (κ3) is 2.78. The zero-order valence-electron chi connectivity index (χ0n) is 9.52. The number of hydrogen-bond acceptors (Lipinski definition) is 4. The monoisotopic (exact) mass is 242 g/mol. The summed E-state index contributed by atoms with van der Waals surface area (Å²) in [7, 11) is 0. The third-order valence-corrected chi connectivity index (χ3v) is 2.89. The van der Waals surface area contributed by atoms with E-state index in [9.17, 15) is 14.5 Å². The van der Waals surface area contributed by atoms with Gasteiger partial charge in [0, 0.05) is 29.8 Å². The maximum Gasteiger partial charge on any atom is 0.269 e. The Morgan fingerprint density at radius 3 is 2.71 bits per heavy atom. The topological polar surface area (TPSA) is 89.4 Å². The van der Waals surface area contributed by atoms with E-state index in [1.165, 1.54) is 0 Å². The maximum atomic E-state index is 13.7. The van der Waals surface area contributed by atoms with Crippen molar-refractivity contribution >= 4 is 5.69 Å². The summed E-state index contributed by atoms with van der Waals surface area (Å²) in [6.45, 7) is 1.54. The first kappa shape index (κ1) is 13.5. The zero-order chi connectivity index (χ0) is 13.1. The van der Waals surface area contributed by atoms with E-state index in [2.05, 4.69) is 0 Å². The van der Waals surface area contributed by atoms with E-state index >= 15 is 0 Å². The summed E-state index contributed by atoms with van der Waals surface area (Å²) in [5.74, 6) is -0.589. The highest BCUT2D eigenvalue weighted by atomic mass is 19.1. The molecule has 1 aromatic rings. The van der Waals surface area contributed by atoms with Crippen molar-refractivity contribution in [3.8, 4) is 0 Å². The maximum absolute atomic E-state index is 13.7. The molecule has 0 aromatic heterocycles. The number of nitrogens with two attached hydrogens (primary N) is 1. The number of halogens is 1. The average Bonchev–Trinajstić information content (AvgIpc) is 2.29. The molecule has 1 atom stereocenters. The van der Waals surface area contributed by atoms with Gasteiger partial charge in [0.25, 0.3) is 5.69 Å². The summed E-state index contributed by atoms with van der Waals surface area (Å²) in [5, 5.41) is 19.6. The molecule has 0 amide bonds. The SMILES string of the molecule is CC[C@](N)(CCO)c1cc([N+](=O)[O-])ccc1F. The van der Waals surface area contributed by atoms with Crippen molar-refractivity contribution in [3.05, 3.63) is 39.7 Å². The number of nitro groups is 1. The normalized spacial score (nSPS) is 14.4. The van der Waals surface area contributed by atoms with E-state index in [1.807, 2.05) is 0 Å². The third-order valence-electron chi connectivity index (χ3n) is 2.89. The van der Waals surface area contributed by atoms with E-state index in [0.717, 1.165) is 18.2 Å². The van der Waals surface area contributed by atoms with Gasteiger partial charge in [0.05, 0.1) is 4.92 Å². The molecular weight excluding hydrogens is 227 g/mol. The molecule has 94 valence electrons. The van der Waals surface area contributed by atoms with Crippen LogP contribution in [0.2, 0.25) is 0 Å². The first-order valence-electron chi connectivity index (χ1n) is 5.28. The lowest BCUT2D eigenvalue weighted by Gasteiger charge is -2.28. The summed E-state index contributed by atoms with van der Waals surface area (Å²) in [6.07, 6.45) is 0.535. The molecular formula is C11H15FN2O3. The minimum Gasteiger partial charge on any atom is -0.396 e. The van der Waals surface area contributed by atoms with Crippen LogP contribution in [0.1, 0.15) is 25.3 Å². The highest BCUT2D eigenvalue weighted by Gasteiger charge is 2.29. The van der Waals surface area contributed by atoms with E-state index in [1.54, 1.807) is 6.92 Å². The predicted octanol–water partition coefficient (Wildman–Crippen LogP) is 1.68. The molecule has 6 heteroatoms.